The number of rotatable bonds is 5. The summed E-state index contributed by atoms with van der Waals surface area (Å²) in [6.45, 7) is 1.57. The van der Waals surface area contributed by atoms with E-state index < -0.39 is 32.6 Å². The van der Waals surface area contributed by atoms with Crippen molar-refractivity contribution in [2.45, 2.75) is 17.9 Å². The molecule has 0 amide bonds. The van der Waals surface area contributed by atoms with Gasteiger partial charge in [0.25, 0.3) is 0 Å². The molecule has 3 aromatic rings. The molecule has 1 aromatic heterocycles. The molecular formula is C16H15F2N3O3S. The monoisotopic (exact) mass is 367 g/mol. The zero-order chi connectivity index (χ0) is 18.2. The molecule has 0 saturated carbocycles. The second kappa shape index (κ2) is 6.41. The molecule has 0 fully saturated rings. The minimum atomic E-state index is -4.12. The molecule has 0 bridgehead atoms. The smallest absolute Gasteiger partial charge is 0.241 e. The quantitative estimate of drug-likeness (QED) is 0.726. The van der Waals surface area contributed by atoms with Gasteiger partial charge >= 0.3 is 0 Å². The van der Waals surface area contributed by atoms with Gasteiger partial charge in [-0.2, -0.15) is 0 Å². The van der Waals surface area contributed by atoms with Crippen molar-refractivity contribution >= 4 is 21.1 Å². The van der Waals surface area contributed by atoms with Crippen molar-refractivity contribution in [3.8, 4) is 5.75 Å². The minimum Gasteiger partial charge on any atom is -0.497 e. The number of sulfonamides is 1. The summed E-state index contributed by atoms with van der Waals surface area (Å²) < 4.78 is 58.7. The lowest BCUT2D eigenvalue weighted by Gasteiger charge is -2.12. The average Bonchev–Trinajstić information content (AvgIpc) is 2.96. The highest BCUT2D eigenvalue weighted by molar-refractivity contribution is 7.89. The van der Waals surface area contributed by atoms with E-state index in [0.717, 1.165) is 12.1 Å². The van der Waals surface area contributed by atoms with Crippen LogP contribution in [-0.4, -0.2) is 25.5 Å². The first-order valence-electron chi connectivity index (χ1n) is 7.30. The number of ether oxygens (including phenoxy) is 1. The molecule has 9 heteroatoms. The van der Waals surface area contributed by atoms with Crippen molar-refractivity contribution in [2.24, 2.45) is 0 Å². The van der Waals surface area contributed by atoms with E-state index in [1.165, 1.54) is 7.11 Å². The highest BCUT2D eigenvalue weighted by Gasteiger charge is 2.22. The maximum atomic E-state index is 13.3. The van der Waals surface area contributed by atoms with Crippen molar-refractivity contribution in [2.75, 3.05) is 7.11 Å². The molecule has 2 N–H and O–H groups in total. The number of nitrogens with one attached hydrogen (secondary N) is 2. The van der Waals surface area contributed by atoms with E-state index in [1.54, 1.807) is 25.1 Å². The highest BCUT2D eigenvalue weighted by Crippen LogP contribution is 2.22. The molecule has 2 aromatic carbocycles. The van der Waals surface area contributed by atoms with Crippen molar-refractivity contribution in [3.63, 3.8) is 0 Å². The van der Waals surface area contributed by atoms with Gasteiger partial charge in [-0.05, 0) is 31.2 Å². The Kier molecular flexibility index (Phi) is 4.44. The Morgan fingerprint density at radius 1 is 1.16 bits per heavy atom. The van der Waals surface area contributed by atoms with Crippen LogP contribution in [0, 0.1) is 11.6 Å². The second-order valence-corrected chi connectivity index (χ2v) is 7.17. The first-order valence-corrected chi connectivity index (χ1v) is 8.79. The van der Waals surface area contributed by atoms with Crippen LogP contribution in [0.25, 0.3) is 11.0 Å². The second-order valence-electron chi connectivity index (χ2n) is 5.45. The van der Waals surface area contributed by atoms with E-state index >= 15 is 0 Å². The molecule has 0 radical (unpaired) electrons. The molecule has 132 valence electrons. The van der Waals surface area contributed by atoms with Crippen LogP contribution in [0.5, 0.6) is 5.75 Å². The summed E-state index contributed by atoms with van der Waals surface area (Å²) in [7, 11) is -2.58. The van der Waals surface area contributed by atoms with Crippen LogP contribution in [0.15, 0.2) is 41.3 Å². The Morgan fingerprint density at radius 2 is 1.84 bits per heavy atom. The van der Waals surface area contributed by atoms with Gasteiger partial charge in [-0.15, -0.1) is 0 Å². The summed E-state index contributed by atoms with van der Waals surface area (Å²) in [5, 5.41) is 0. The van der Waals surface area contributed by atoms with Crippen LogP contribution in [0.1, 0.15) is 18.8 Å². The number of benzene rings is 2. The van der Waals surface area contributed by atoms with Gasteiger partial charge in [-0.25, -0.2) is 26.9 Å². The number of fused-ring (bicyclic) bond motifs is 1. The SMILES string of the molecule is COc1ccc2nc([C@H](C)NS(=O)(=O)c3cc(F)cc(F)c3)[nH]c2c1. The van der Waals surface area contributed by atoms with Gasteiger partial charge in [0.05, 0.1) is 29.1 Å². The lowest BCUT2D eigenvalue weighted by molar-refractivity contribution is 0.415. The molecule has 0 spiro atoms. The van der Waals surface area contributed by atoms with Gasteiger partial charge in [0.15, 0.2) is 0 Å². The first-order chi connectivity index (χ1) is 11.8. The van der Waals surface area contributed by atoms with E-state index in [-0.39, 0.29) is 0 Å². The van der Waals surface area contributed by atoms with E-state index in [1.807, 2.05) is 0 Å². The fourth-order valence-corrected chi connectivity index (χ4v) is 3.63. The molecule has 1 heterocycles. The maximum absolute atomic E-state index is 13.3. The fourth-order valence-electron chi connectivity index (χ4n) is 2.38. The number of H-pyrrole nitrogens is 1. The summed E-state index contributed by atoms with van der Waals surface area (Å²) in [6, 6.07) is 6.57. The minimum absolute atomic E-state index is 0.365. The Balaban J connectivity index is 1.89. The van der Waals surface area contributed by atoms with E-state index in [9.17, 15) is 17.2 Å². The first kappa shape index (κ1) is 17.3. The molecule has 0 aliphatic carbocycles. The standard InChI is InChI=1S/C16H15F2N3O3S/c1-9(16-19-14-4-3-12(24-2)8-15(14)20-16)21-25(22,23)13-6-10(17)5-11(18)7-13/h3-9,21H,1-2H3,(H,19,20)/t9-/m0/s1. The summed E-state index contributed by atoms with van der Waals surface area (Å²) in [6.07, 6.45) is 0. The van der Waals surface area contributed by atoms with Crippen molar-refractivity contribution < 1.29 is 21.9 Å². The molecule has 0 saturated heterocycles. The fraction of sp³-hybridized carbons (Fsp3) is 0.188. The third kappa shape index (κ3) is 3.62. The number of methoxy groups -OCH3 is 1. The number of halogens is 2. The van der Waals surface area contributed by atoms with Gasteiger partial charge in [-0.3, -0.25) is 0 Å². The molecule has 0 unspecified atom stereocenters. The largest absolute Gasteiger partial charge is 0.497 e. The molecule has 3 rings (SSSR count). The summed E-state index contributed by atoms with van der Waals surface area (Å²) in [5.74, 6) is -0.942. The molecule has 1 atom stereocenters. The predicted molar refractivity (Wildman–Crippen MR) is 87.7 cm³/mol. The van der Waals surface area contributed by atoms with Crippen LogP contribution < -0.4 is 9.46 Å². The van der Waals surface area contributed by atoms with Gasteiger partial charge in [0.1, 0.15) is 23.2 Å². The summed E-state index contributed by atoms with van der Waals surface area (Å²) >= 11 is 0. The van der Waals surface area contributed by atoms with Crippen LogP contribution in [0.2, 0.25) is 0 Å². The lowest BCUT2D eigenvalue weighted by Crippen LogP contribution is -2.27. The number of imidazole rings is 1. The number of hydrogen-bond donors (Lipinski definition) is 2. The maximum Gasteiger partial charge on any atom is 0.241 e. The Morgan fingerprint density at radius 3 is 2.48 bits per heavy atom. The molecule has 6 nitrogen and oxygen atoms in total. The topological polar surface area (TPSA) is 84.1 Å². The van der Waals surface area contributed by atoms with Crippen molar-refractivity contribution in [1.29, 1.82) is 0 Å². The number of aromatic nitrogens is 2. The molecule has 0 aliphatic heterocycles. The average molecular weight is 367 g/mol. The summed E-state index contributed by atoms with van der Waals surface area (Å²) in [4.78, 5) is 6.82. The summed E-state index contributed by atoms with van der Waals surface area (Å²) in [5.41, 5.74) is 1.32. The van der Waals surface area contributed by atoms with Gasteiger partial charge in [-0.1, -0.05) is 0 Å². The van der Waals surface area contributed by atoms with Crippen LogP contribution in [0.3, 0.4) is 0 Å². The van der Waals surface area contributed by atoms with Crippen molar-refractivity contribution in [3.05, 3.63) is 53.9 Å². The van der Waals surface area contributed by atoms with E-state index in [0.29, 0.717) is 28.7 Å². The zero-order valence-electron chi connectivity index (χ0n) is 13.4. The van der Waals surface area contributed by atoms with E-state index in [4.69, 9.17) is 4.74 Å². The Hall–Kier alpha value is -2.52. The lowest BCUT2D eigenvalue weighted by atomic mass is 10.3. The Bertz CT molecular complexity index is 1010. The van der Waals surface area contributed by atoms with Gasteiger partial charge in [0, 0.05) is 12.1 Å². The molecule has 25 heavy (non-hydrogen) atoms. The normalized spacial score (nSPS) is 13.1. The van der Waals surface area contributed by atoms with Crippen LogP contribution >= 0.6 is 0 Å². The highest BCUT2D eigenvalue weighted by atomic mass is 32.2. The third-order valence-electron chi connectivity index (χ3n) is 3.60. The molecular weight excluding hydrogens is 352 g/mol. The number of aromatic amines is 1. The van der Waals surface area contributed by atoms with E-state index in [2.05, 4.69) is 14.7 Å². The number of nitrogens with zero attached hydrogens (tertiary/aromatic N) is 1. The Labute approximate surface area is 142 Å². The number of hydrogen-bond acceptors (Lipinski definition) is 4. The third-order valence-corrected chi connectivity index (χ3v) is 5.12. The predicted octanol–water partition coefficient (Wildman–Crippen LogP) is 2.89. The van der Waals surface area contributed by atoms with Gasteiger partial charge in [0.2, 0.25) is 10.0 Å². The van der Waals surface area contributed by atoms with Crippen molar-refractivity contribution in [1.82, 2.24) is 14.7 Å². The van der Waals surface area contributed by atoms with Crippen LogP contribution in [-0.2, 0) is 10.0 Å². The van der Waals surface area contributed by atoms with Crippen LogP contribution in [0.4, 0.5) is 8.78 Å². The zero-order valence-corrected chi connectivity index (χ0v) is 14.2. The van der Waals surface area contributed by atoms with Gasteiger partial charge < -0.3 is 9.72 Å². The molecule has 0 aliphatic rings.